The van der Waals surface area contributed by atoms with E-state index >= 15 is 0 Å². The van der Waals surface area contributed by atoms with Gasteiger partial charge in [-0.1, -0.05) is 0 Å². The summed E-state index contributed by atoms with van der Waals surface area (Å²) in [5, 5.41) is 15.5. The fraction of sp³-hybridized carbons (Fsp3) is 1.00. The minimum absolute atomic E-state index is 0.239. The van der Waals surface area contributed by atoms with Gasteiger partial charge in [-0.15, -0.1) is 0 Å². The van der Waals surface area contributed by atoms with Crippen LogP contribution in [-0.4, -0.2) is 55.3 Å². The maximum absolute atomic E-state index is 8.52. The first-order valence-electron chi connectivity index (χ1n) is 3.79. The SMILES string of the molecule is CO.OCCN1CCCOC1. The van der Waals surface area contributed by atoms with Crippen molar-refractivity contribution in [3.8, 4) is 0 Å². The molecule has 1 aliphatic heterocycles. The molecule has 4 nitrogen and oxygen atoms in total. The predicted octanol–water partition coefficient (Wildman–Crippen LogP) is -0.733. The van der Waals surface area contributed by atoms with Crippen molar-refractivity contribution >= 4 is 0 Å². The van der Waals surface area contributed by atoms with Gasteiger partial charge in [0.25, 0.3) is 0 Å². The Morgan fingerprint density at radius 1 is 1.45 bits per heavy atom. The molecule has 0 bridgehead atoms. The number of hydrogen-bond donors (Lipinski definition) is 2. The topological polar surface area (TPSA) is 52.9 Å². The highest BCUT2D eigenvalue weighted by molar-refractivity contribution is 4.55. The number of hydrogen-bond acceptors (Lipinski definition) is 4. The average Bonchev–Trinajstić information content (AvgIpc) is 2.11. The first-order valence-corrected chi connectivity index (χ1v) is 3.79. The summed E-state index contributed by atoms with van der Waals surface area (Å²) in [7, 11) is 1.00. The van der Waals surface area contributed by atoms with Crippen LogP contribution in [0.2, 0.25) is 0 Å². The Bertz CT molecular complexity index is 71.3. The predicted molar refractivity (Wildman–Crippen MR) is 42.2 cm³/mol. The summed E-state index contributed by atoms with van der Waals surface area (Å²) in [6.45, 7) is 3.63. The molecule has 0 atom stereocenters. The zero-order valence-electron chi connectivity index (χ0n) is 6.99. The second-order valence-corrected chi connectivity index (χ2v) is 2.23. The molecule has 0 aromatic heterocycles. The molecule has 68 valence electrons. The third kappa shape index (κ3) is 5.15. The third-order valence-corrected chi connectivity index (χ3v) is 1.45. The first-order chi connectivity index (χ1) is 5.43. The second kappa shape index (κ2) is 7.94. The van der Waals surface area contributed by atoms with Gasteiger partial charge in [0.15, 0.2) is 0 Å². The van der Waals surface area contributed by atoms with E-state index in [0.717, 1.165) is 33.2 Å². The van der Waals surface area contributed by atoms with Crippen molar-refractivity contribution in [1.82, 2.24) is 4.90 Å². The van der Waals surface area contributed by atoms with Gasteiger partial charge in [-0.3, -0.25) is 4.90 Å². The van der Waals surface area contributed by atoms with Crippen LogP contribution in [0.25, 0.3) is 0 Å². The number of aliphatic hydroxyl groups excluding tert-OH is 2. The lowest BCUT2D eigenvalue weighted by Gasteiger charge is -2.25. The molecule has 1 heterocycles. The van der Waals surface area contributed by atoms with Gasteiger partial charge in [0.2, 0.25) is 0 Å². The summed E-state index contributed by atoms with van der Waals surface area (Å²) in [5.41, 5.74) is 0. The van der Waals surface area contributed by atoms with Crippen LogP contribution in [0.4, 0.5) is 0 Å². The molecule has 1 rings (SSSR count). The lowest BCUT2D eigenvalue weighted by Crippen LogP contribution is -2.35. The zero-order valence-corrected chi connectivity index (χ0v) is 6.99. The molecule has 11 heavy (non-hydrogen) atoms. The number of ether oxygens (including phenoxy) is 1. The van der Waals surface area contributed by atoms with Gasteiger partial charge < -0.3 is 14.9 Å². The lowest BCUT2D eigenvalue weighted by atomic mass is 10.4. The molecule has 0 radical (unpaired) electrons. The number of nitrogens with zero attached hydrogens (tertiary/aromatic N) is 1. The molecule has 0 unspecified atom stereocenters. The van der Waals surface area contributed by atoms with Gasteiger partial charge in [-0.25, -0.2) is 0 Å². The highest BCUT2D eigenvalue weighted by atomic mass is 16.5. The van der Waals surface area contributed by atoms with Crippen molar-refractivity contribution in [1.29, 1.82) is 0 Å². The Kier molecular flexibility index (Phi) is 7.83. The Morgan fingerprint density at radius 2 is 2.18 bits per heavy atom. The van der Waals surface area contributed by atoms with Crippen LogP contribution >= 0.6 is 0 Å². The van der Waals surface area contributed by atoms with Crippen molar-refractivity contribution in [3.63, 3.8) is 0 Å². The smallest absolute Gasteiger partial charge is 0.0991 e. The van der Waals surface area contributed by atoms with E-state index in [1.165, 1.54) is 0 Å². The normalized spacial score (nSPS) is 18.8. The van der Waals surface area contributed by atoms with E-state index < -0.39 is 0 Å². The summed E-state index contributed by atoms with van der Waals surface area (Å²) in [6, 6.07) is 0. The highest BCUT2D eigenvalue weighted by Gasteiger charge is 2.07. The molecular formula is C7H17NO3. The molecule has 0 aliphatic carbocycles. The van der Waals surface area contributed by atoms with Crippen LogP contribution in [0.5, 0.6) is 0 Å². The Hall–Kier alpha value is -0.160. The first kappa shape index (κ1) is 10.8. The van der Waals surface area contributed by atoms with Gasteiger partial charge in [0.05, 0.1) is 13.3 Å². The van der Waals surface area contributed by atoms with E-state index in [1.54, 1.807) is 0 Å². The molecule has 0 aromatic carbocycles. The maximum Gasteiger partial charge on any atom is 0.0991 e. The van der Waals surface area contributed by atoms with Crippen LogP contribution in [0.1, 0.15) is 6.42 Å². The Labute approximate surface area is 67.4 Å². The number of rotatable bonds is 2. The molecule has 4 heteroatoms. The van der Waals surface area contributed by atoms with E-state index in [1.807, 2.05) is 0 Å². The molecule has 1 saturated heterocycles. The maximum atomic E-state index is 8.52. The van der Waals surface area contributed by atoms with Crippen LogP contribution in [0.15, 0.2) is 0 Å². The molecule has 0 aromatic rings. The van der Waals surface area contributed by atoms with Gasteiger partial charge >= 0.3 is 0 Å². The number of aliphatic hydroxyl groups is 2. The van der Waals surface area contributed by atoms with Crippen molar-refractivity contribution in [2.75, 3.05) is 40.1 Å². The highest BCUT2D eigenvalue weighted by Crippen LogP contribution is 1.98. The second-order valence-electron chi connectivity index (χ2n) is 2.23. The van der Waals surface area contributed by atoms with Crippen molar-refractivity contribution < 1.29 is 14.9 Å². The van der Waals surface area contributed by atoms with E-state index in [9.17, 15) is 0 Å². The average molecular weight is 163 g/mol. The number of β-amino-alcohol motifs (C(OH)–C–C–N with tert-alkyl or cyclic N) is 1. The van der Waals surface area contributed by atoms with Gasteiger partial charge in [-0.05, 0) is 6.42 Å². The molecule has 0 saturated carbocycles. The molecular weight excluding hydrogens is 146 g/mol. The zero-order chi connectivity index (χ0) is 8.53. The fourth-order valence-electron chi connectivity index (χ4n) is 0.966. The quantitative estimate of drug-likeness (QED) is 0.563. The monoisotopic (exact) mass is 163 g/mol. The van der Waals surface area contributed by atoms with Crippen LogP contribution in [0, 0.1) is 0 Å². The summed E-state index contributed by atoms with van der Waals surface area (Å²) in [6.07, 6.45) is 1.10. The van der Waals surface area contributed by atoms with Gasteiger partial charge in [0.1, 0.15) is 0 Å². The summed E-state index contributed by atoms with van der Waals surface area (Å²) in [4.78, 5) is 2.10. The van der Waals surface area contributed by atoms with E-state index in [2.05, 4.69) is 4.90 Å². The lowest BCUT2D eigenvalue weighted by molar-refractivity contribution is -0.0195. The van der Waals surface area contributed by atoms with Crippen LogP contribution in [-0.2, 0) is 4.74 Å². The van der Waals surface area contributed by atoms with Crippen LogP contribution < -0.4 is 0 Å². The van der Waals surface area contributed by atoms with Gasteiger partial charge in [-0.2, -0.15) is 0 Å². The minimum atomic E-state index is 0.239. The molecule has 0 spiro atoms. The van der Waals surface area contributed by atoms with E-state index in [0.29, 0.717) is 6.73 Å². The molecule has 0 amide bonds. The van der Waals surface area contributed by atoms with Crippen molar-refractivity contribution in [3.05, 3.63) is 0 Å². The van der Waals surface area contributed by atoms with E-state index in [4.69, 9.17) is 14.9 Å². The Morgan fingerprint density at radius 3 is 2.64 bits per heavy atom. The molecule has 1 aliphatic rings. The van der Waals surface area contributed by atoms with E-state index in [-0.39, 0.29) is 6.61 Å². The Balaban J connectivity index is 0.000000461. The standard InChI is InChI=1S/C6H13NO2.CH4O/c8-4-3-7-2-1-5-9-6-7;1-2/h8H,1-6H2;2H,1H3. The largest absolute Gasteiger partial charge is 0.400 e. The fourth-order valence-corrected chi connectivity index (χ4v) is 0.966. The summed E-state index contributed by atoms with van der Waals surface area (Å²) < 4.78 is 5.15. The summed E-state index contributed by atoms with van der Waals surface area (Å²) in [5.74, 6) is 0. The van der Waals surface area contributed by atoms with Crippen molar-refractivity contribution in [2.45, 2.75) is 6.42 Å². The van der Waals surface area contributed by atoms with Crippen molar-refractivity contribution in [2.24, 2.45) is 0 Å². The molecule has 2 N–H and O–H groups in total. The minimum Gasteiger partial charge on any atom is -0.400 e. The summed E-state index contributed by atoms with van der Waals surface area (Å²) >= 11 is 0. The molecule has 1 fully saturated rings. The van der Waals surface area contributed by atoms with Gasteiger partial charge in [0, 0.05) is 26.8 Å². The third-order valence-electron chi connectivity index (χ3n) is 1.45. The van der Waals surface area contributed by atoms with Crippen LogP contribution in [0.3, 0.4) is 0 Å².